The second-order valence-electron chi connectivity index (χ2n) is 4.51. The zero-order valence-electron chi connectivity index (χ0n) is 15.9. The Morgan fingerprint density at radius 3 is 1.62 bits per heavy atom. The van der Waals surface area contributed by atoms with Crippen molar-refractivity contribution in [2.24, 2.45) is 10.3 Å². The SMILES string of the molecule is CNC(=O)C(=N/OC)/C(C)=C\CCl.CNC(=O)C(=N/OC)/C(C)=C\CO. The van der Waals surface area contributed by atoms with Crippen molar-refractivity contribution in [2.45, 2.75) is 13.8 Å². The minimum Gasteiger partial charge on any atom is -0.398 e. The molecule has 0 aliphatic heterocycles. The van der Waals surface area contributed by atoms with Gasteiger partial charge in [0, 0.05) is 20.0 Å². The average molecular weight is 391 g/mol. The Balaban J connectivity index is 0. The largest absolute Gasteiger partial charge is 0.398 e. The molecule has 0 heterocycles. The summed E-state index contributed by atoms with van der Waals surface area (Å²) >= 11 is 5.48. The Morgan fingerprint density at radius 1 is 0.962 bits per heavy atom. The maximum absolute atomic E-state index is 11.2. The summed E-state index contributed by atoms with van der Waals surface area (Å²) in [5, 5.41) is 20.6. The van der Waals surface area contributed by atoms with Crippen molar-refractivity contribution < 1.29 is 24.4 Å². The number of allylic oxidation sites excluding steroid dienone is 1. The Kier molecular flexibility index (Phi) is 16.0. The molecular weight excluding hydrogens is 364 g/mol. The summed E-state index contributed by atoms with van der Waals surface area (Å²) in [7, 11) is 5.77. The number of oxime groups is 2. The zero-order chi connectivity index (χ0) is 20.5. The van der Waals surface area contributed by atoms with E-state index < -0.39 is 0 Å². The van der Waals surface area contributed by atoms with Gasteiger partial charge in [0.2, 0.25) is 0 Å². The fourth-order valence-electron chi connectivity index (χ4n) is 1.45. The Morgan fingerprint density at radius 2 is 1.35 bits per heavy atom. The minimum atomic E-state index is -0.343. The predicted octanol–water partition coefficient (Wildman–Crippen LogP) is 0.593. The molecule has 0 aromatic heterocycles. The number of carbonyl (C=O) groups is 2. The van der Waals surface area contributed by atoms with Gasteiger partial charge in [-0.2, -0.15) is 0 Å². The van der Waals surface area contributed by atoms with Crippen molar-refractivity contribution >= 4 is 34.8 Å². The van der Waals surface area contributed by atoms with Crippen LogP contribution in [0.2, 0.25) is 0 Å². The van der Waals surface area contributed by atoms with E-state index >= 15 is 0 Å². The van der Waals surface area contributed by atoms with E-state index in [0.29, 0.717) is 17.0 Å². The smallest absolute Gasteiger partial charge is 0.273 e. The average Bonchev–Trinajstić information content (AvgIpc) is 2.63. The van der Waals surface area contributed by atoms with Crippen molar-refractivity contribution in [1.29, 1.82) is 0 Å². The lowest BCUT2D eigenvalue weighted by Gasteiger charge is -2.03. The first-order valence-corrected chi connectivity index (χ1v) is 8.05. The number of alkyl halides is 1. The van der Waals surface area contributed by atoms with Gasteiger partial charge in [0.15, 0.2) is 11.4 Å². The van der Waals surface area contributed by atoms with Gasteiger partial charge in [-0.1, -0.05) is 22.5 Å². The highest BCUT2D eigenvalue weighted by Crippen LogP contribution is 1.99. The standard InChI is InChI=1S/C8H13ClN2O2.C8H14N2O3/c1-6(4-5-9)7(11-13-3)8(12)10-2;1-6(4-5-11)7(10-13-3)8(12)9-2/h4H,5H2,1-3H3,(H,10,12);4,11H,5H2,1-3H3,(H,9,12)/b6-4-,11-7+;6-4-,10-7+. The minimum absolute atomic E-state index is 0.133. The van der Waals surface area contributed by atoms with E-state index in [1.807, 2.05) is 0 Å². The first-order chi connectivity index (χ1) is 12.3. The number of hydrogen-bond donors (Lipinski definition) is 3. The number of nitrogens with one attached hydrogen (secondary N) is 2. The van der Waals surface area contributed by atoms with Gasteiger partial charge in [0.05, 0.1) is 6.61 Å². The number of rotatable bonds is 8. The van der Waals surface area contributed by atoms with Crippen LogP contribution in [0.25, 0.3) is 0 Å². The fraction of sp³-hybridized carbons (Fsp3) is 0.500. The van der Waals surface area contributed by atoms with Crippen LogP contribution in [0.15, 0.2) is 33.6 Å². The lowest BCUT2D eigenvalue weighted by molar-refractivity contribution is -0.115. The molecule has 0 aromatic carbocycles. The highest BCUT2D eigenvalue weighted by molar-refractivity contribution is 6.45. The number of amides is 2. The van der Waals surface area contributed by atoms with E-state index in [2.05, 4.69) is 30.6 Å². The summed E-state index contributed by atoms with van der Waals surface area (Å²) < 4.78 is 0. The van der Waals surface area contributed by atoms with Crippen LogP contribution in [-0.2, 0) is 19.3 Å². The fourth-order valence-corrected chi connectivity index (χ4v) is 1.68. The van der Waals surface area contributed by atoms with Crippen LogP contribution in [0.5, 0.6) is 0 Å². The maximum atomic E-state index is 11.2. The van der Waals surface area contributed by atoms with Crippen LogP contribution in [0.3, 0.4) is 0 Å². The third-order valence-electron chi connectivity index (χ3n) is 2.78. The predicted molar refractivity (Wildman–Crippen MR) is 102 cm³/mol. The van der Waals surface area contributed by atoms with Crippen LogP contribution in [0.1, 0.15) is 13.8 Å². The van der Waals surface area contributed by atoms with Gasteiger partial charge < -0.3 is 25.4 Å². The lowest BCUT2D eigenvalue weighted by Crippen LogP contribution is -2.28. The molecule has 0 spiro atoms. The summed E-state index contributed by atoms with van der Waals surface area (Å²) in [6, 6.07) is 0. The van der Waals surface area contributed by atoms with Crippen LogP contribution in [0.4, 0.5) is 0 Å². The van der Waals surface area contributed by atoms with Gasteiger partial charge in [-0.3, -0.25) is 9.59 Å². The first kappa shape index (κ1) is 25.8. The molecule has 0 atom stereocenters. The topological polar surface area (TPSA) is 122 Å². The van der Waals surface area contributed by atoms with Crippen molar-refractivity contribution in [3.63, 3.8) is 0 Å². The van der Waals surface area contributed by atoms with E-state index in [1.54, 1.807) is 19.9 Å². The number of hydrogen-bond acceptors (Lipinski definition) is 7. The van der Waals surface area contributed by atoms with Gasteiger partial charge in [-0.25, -0.2) is 0 Å². The Labute approximate surface area is 158 Å². The summed E-state index contributed by atoms with van der Waals surface area (Å²) in [4.78, 5) is 31.4. The number of carbonyl (C=O) groups excluding carboxylic acids is 2. The van der Waals surface area contributed by atoms with Gasteiger partial charge in [0.1, 0.15) is 14.2 Å². The number of aliphatic hydroxyl groups excluding tert-OH is 1. The normalized spacial score (nSPS) is 12.6. The molecule has 0 aliphatic carbocycles. The van der Waals surface area contributed by atoms with Crippen LogP contribution in [-0.4, -0.2) is 69.1 Å². The monoisotopic (exact) mass is 390 g/mol. The molecule has 0 saturated heterocycles. The molecule has 2 amide bonds. The van der Waals surface area contributed by atoms with Crippen molar-refractivity contribution in [3.05, 3.63) is 23.3 Å². The third-order valence-corrected chi connectivity index (χ3v) is 2.93. The number of aliphatic hydroxyl groups is 1. The van der Waals surface area contributed by atoms with E-state index in [-0.39, 0.29) is 29.8 Å². The molecule has 0 unspecified atom stereocenters. The number of nitrogens with zero attached hydrogens (tertiary/aromatic N) is 2. The molecule has 148 valence electrons. The molecule has 0 rings (SSSR count). The van der Waals surface area contributed by atoms with E-state index in [4.69, 9.17) is 16.7 Å². The van der Waals surface area contributed by atoms with E-state index in [9.17, 15) is 9.59 Å². The van der Waals surface area contributed by atoms with Gasteiger partial charge in [-0.05, 0) is 25.0 Å². The Bertz CT molecular complexity index is 521. The second-order valence-corrected chi connectivity index (χ2v) is 4.82. The van der Waals surface area contributed by atoms with Crippen molar-refractivity contribution in [2.75, 3.05) is 40.8 Å². The zero-order valence-corrected chi connectivity index (χ0v) is 16.7. The van der Waals surface area contributed by atoms with Gasteiger partial charge >= 0.3 is 0 Å². The molecule has 10 heteroatoms. The Hall–Kier alpha value is -2.39. The summed E-state index contributed by atoms with van der Waals surface area (Å²) in [5.41, 5.74) is 1.67. The molecule has 0 bridgehead atoms. The quantitative estimate of drug-likeness (QED) is 0.318. The van der Waals surface area contributed by atoms with Crippen molar-refractivity contribution in [3.8, 4) is 0 Å². The van der Waals surface area contributed by atoms with Crippen LogP contribution >= 0.6 is 11.6 Å². The molecule has 26 heavy (non-hydrogen) atoms. The van der Waals surface area contributed by atoms with Gasteiger partial charge in [-0.15, -0.1) is 11.6 Å². The van der Waals surface area contributed by atoms with Crippen molar-refractivity contribution in [1.82, 2.24) is 10.6 Å². The molecule has 3 N–H and O–H groups in total. The van der Waals surface area contributed by atoms with E-state index in [1.165, 1.54) is 34.4 Å². The molecule has 0 aromatic rings. The van der Waals surface area contributed by atoms with Crippen LogP contribution < -0.4 is 10.6 Å². The van der Waals surface area contributed by atoms with E-state index in [0.717, 1.165) is 0 Å². The summed E-state index contributed by atoms with van der Waals surface area (Å²) in [5.74, 6) is -0.296. The van der Waals surface area contributed by atoms with Gasteiger partial charge in [0.25, 0.3) is 11.8 Å². The molecule has 0 aliphatic rings. The second kappa shape index (κ2) is 16.1. The lowest BCUT2D eigenvalue weighted by atomic mass is 10.1. The highest BCUT2D eigenvalue weighted by Gasteiger charge is 2.12. The summed E-state index contributed by atoms with van der Waals surface area (Å²) in [6.07, 6.45) is 3.17. The maximum Gasteiger partial charge on any atom is 0.273 e. The molecule has 0 radical (unpaired) electrons. The number of halogens is 1. The first-order valence-electron chi connectivity index (χ1n) is 7.51. The molecule has 0 saturated carbocycles. The molecule has 0 fully saturated rings. The van der Waals surface area contributed by atoms with Crippen LogP contribution in [0, 0.1) is 0 Å². The summed E-state index contributed by atoms with van der Waals surface area (Å²) in [6.45, 7) is 3.28. The third kappa shape index (κ3) is 10.5. The highest BCUT2D eigenvalue weighted by atomic mass is 35.5. The molecular formula is C16H27ClN4O5. The molecule has 9 nitrogen and oxygen atoms in total.